The molecule has 1 heterocycles. The summed E-state index contributed by atoms with van der Waals surface area (Å²) in [4.78, 5) is 44.4. The predicted molar refractivity (Wildman–Crippen MR) is 87.2 cm³/mol. The number of nitrogens with zero attached hydrogens (tertiary/aromatic N) is 1. The van der Waals surface area contributed by atoms with E-state index >= 15 is 0 Å². The number of amides is 3. The Kier molecular flexibility index (Phi) is 12.2. The van der Waals surface area contributed by atoms with Gasteiger partial charge in [0.05, 0.1) is 52.9 Å². The molecule has 3 N–H and O–H groups in total. The molecule has 0 bridgehead atoms. The van der Waals surface area contributed by atoms with Crippen LogP contribution in [0.3, 0.4) is 0 Å². The van der Waals surface area contributed by atoms with Crippen molar-refractivity contribution in [2.24, 2.45) is 5.90 Å². The van der Waals surface area contributed by atoms with Gasteiger partial charge in [-0.15, -0.1) is 0 Å². The molecule has 0 saturated heterocycles. The van der Waals surface area contributed by atoms with Crippen LogP contribution in [0.1, 0.15) is 6.42 Å². The summed E-state index contributed by atoms with van der Waals surface area (Å²) in [6.45, 7) is 2.90. The van der Waals surface area contributed by atoms with Gasteiger partial charge < -0.3 is 19.0 Å². The third kappa shape index (κ3) is 10.2. The molecule has 0 atom stereocenters. The molecule has 0 spiro atoms. The highest BCUT2D eigenvalue weighted by Crippen LogP contribution is 2.03. The summed E-state index contributed by atoms with van der Waals surface area (Å²) in [5.74, 6) is 3.56. The number of nitrogens with one attached hydrogen (secondary N) is 1. The smallest absolute Gasteiger partial charge is 0.253 e. The molecule has 148 valence electrons. The van der Waals surface area contributed by atoms with Crippen molar-refractivity contribution < 1.29 is 38.3 Å². The molecule has 0 unspecified atom stereocenters. The van der Waals surface area contributed by atoms with Crippen molar-refractivity contribution in [2.75, 3.05) is 59.4 Å². The van der Waals surface area contributed by atoms with E-state index in [0.717, 1.165) is 4.90 Å². The Bertz CT molecular complexity index is 454. The highest BCUT2D eigenvalue weighted by molar-refractivity contribution is 6.13. The van der Waals surface area contributed by atoms with Crippen molar-refractivity contribution in [1.29, 1.82) is 0 Å². The first-order valence-electron chi connectivity index (χ1n) is 8.14. The zero-order valence-electron chi connectivity index (χ0n) is 14.5. The van der Waals surface area contributed by atoms with Gasteiger partial charge in [0.25, 0.3) is 11.8 Å². The van der Waals surface area contributed by atoms with E-state index in [0.29, 0.717) is 39.6 Å². The SMILES string of the molecule is NOCCOCCOCCOCCONC(=O)CCN1C(=O)C=CC1=O. The highest BCUT2D eigenvalue weighted by Gasteiger charge is 2.23. The Morgan fingerprint density at radius 1 is 0.885 bits per heavy atom. The number of carbonyl (C=O) groups is 3. The lowest BCUT2D eigenvalue weighted by molar-refractivity contribution is -0.139. The fraction of sp³-hybridized carbons (Fsp3) is 0.667. The molecule has 1 aliphatic heterocycles. The third-order valence-electron chi connectivity index (χ3n) is 3.07. The number of carbonyl (C=O) groups excluding carboxylic acids is 3. The summed E-state index contributed by atoms with van der Waals surface area (Å²) in [5.41, 5.74) is 2.22. The molecule has 0 radical (unpaired) electrons. The van der Waals surface area contributed by atoms with Crippen molar-refractivity contribution in [3.05, 3.63) is 12.2 Å². The molecule has 0 saturated carbocycles. The Morgan fingerprint density at radius 2 is 1.38 bits per heavy atom. The van der Waals surface area contributed by atoms with Crippen molar-refractivity contribution >= 4 is 17.7 Å². The molecule has 11 heteroatoms. The molecular formula is C15H25N3O8. The summed E-state index contributed by atoms with van der Waals surface area (Å²) < 4.78 is 15.7. The Labute approximate surface area is 151 Å². The number of rotatable bonds is 16. The summed E-state index contributed by atoms with van der Waals surface area (Å²) in [6.07, 6.45) is 2.30. The lowest BCUT2D eigenvalue weighted by atomic mass is 10.4. The van der Waals surface area contributed by atoms with Crippen LogP contribution in [0.5, 0.6) is 0 Å². The van der Waals surface area contributed by atoms with Crippen molar-refractivity contribution in [2.45, 2.75) is 6.42 Å². The molecule has 26 heavy (non-hydrogen) atoms. The monoisotopic (exact) mass is 375 g/mol. The zero-order chi connectivity index (χ0) is 19.0. The topological polar surface area (TPSA) is 139 Å². The third-order valence-corrected chi connectivity index (χ3v) is 3.07. The Hall–Kier alpha value is -1.89. The van der Waals surface area contributed by atoms with Gasteiger partial charge in [-0.3, -0.25) is 24.1 Å². The first-order chi connectivity index (χ1) is 12.6. The molecule has 0 aromatic heterocycles. The van der Waals surface area contributed by atoms with Gasteiger partial charge >= 0.3 is 0 Å². The predicted octanol–water partition coefficient (Wildman–Crippen LogP) is -1.71. The average molecular weight is 375 g/mol. The molecule has 0 fully saturated rings. The minimum Gasteiger partial charge on any atom is -0.377 e. The fourth-order valence-corrected chi connectivity index (χ4v) is 1.80. The average Bonchev–Trinajstić information content (AvgIpc) is 2.95. The van der Waals surface area contributed by atoms with Crippen LogP contribution in [-0.2, 0) is 38.3 Å². The van der Waals surface area contributed by atoms with Crippen LogP contribution in [0, 0.1) is 0 Å². The first-order valence-corrected chi connectivity index (χ1v) is 8.14. The van der Waals surface area contributed by atoms with Crippen LogP contribution in [0.25, 0.3) is 0 Å². The lowest BCUT2D eigenvalue weighted by Gasteiger charge is -2.13. The van der Waals surface area contributed by atoms with Crippen LogP contribution in [0.4, 0.5) is 0 Å². The van der Waals surface area contributed by atoms with Crippen LogP contribution in [0.15, 0.2) is 12.2 Å². The van der Waals surface area contributed by atoms with Crippen LogP contribution < -0.4 is 11.4 Å². The maximum atomic E-state index is 11.5. The molecule has 0 aromatic carbocycles. The minimum atomic E-state index is -0.430. The Morgan fingerprint density at radius 3 is 1.92 bits per heavy atom. The number of nitrogens with two attached hydrogens (primary N) is 1. The van der Waals surface area contributed by atoms with E-state index in [2.05, 4.69) is 10.3 Å². The number of imide groups is 1. The fourth-order valence-electron chi connectivity index (χ4n) is 1.80. The van der Waals surface area contributed by atoms with Gasteiger partial charge in [-0.25, -0.2) is 11.4 Å². The second kappa shape index (κ2) is 14.3. The van der Waals surface area contributed by atoms with Crippen molar-refractivity contribution in [3.8, 4) is 0 Å². The number of ether oxygens (including phenoxy) is 3. The molecule has 0 aliphatic carbocycles. The minimum absolute atomic E-state index is 0.0106. The van der Waals surface area contributed by atoms with Gasteiger partial charge in [0.15, 0.2) is 0 Å². The zero-order valence-corrected chi connectivity index (χ0v) is 14.5. The van der Waals surface area contributed by atoms with Crippen LogP contribution in [0.2, 0.25) is 0 Å². The van der Waals surface area contributed by atoms with Gasteiger partial charge in [0.2, 0.25) is 5.91 Å². The van der Waals surface area contributed by atoms with E-state index in [1.54, 1.807) is 0 Å². The standard InChI is InChI=1S/C15H25N3O8/c16-25-11-9-23-7-5-22-6-8-24-10-12-26-17-13(19)3-4-18-14(20)1-2-15(18)21/h1-2H,3-12,16H2,(H,17,19). The quantitative estimate of drug-likeness (QED) is 0.183. The summed E-state index contributed by atoms with van der Waals surface area (Å²) >= 11 is 0. The highest BCUT2D eigenvalue weighted by atomic mass is 16.7. The number of hydroxylamine groups is 1. The lowest BCUT2D eigenvalue weighted by Crippen LogP contribution is -2.35. The van der Waals surface area contributed by atoms with Gasteiger partial charge in [0, 0.05) is 25.1 Å². The largest absolute Gasteiger partial charge is 0.377 e. The van der Waals surface area contributed by atoms with Crippen molar-refractivity contribution in [1.82, 2.24) is 10.4 Å². The number of hydrogen-bond donors (Lipinski definition) is 2. The summed E-state index contributed by atoms with van der Waals surface area (Å²) in [7, 11) is 0. The van der Waals surface area contributed by atoms with E-state index in [1.807, 2.05) is 0 Å². The maximum Gasteiger partial charge on any atom is 0.253 e. The van der Waals surface area contributed by atoms with Gasteiger partial charge in [-0.1, -0.05) is 0 Å². The maximum absolute atomic E-state index is 11.5. The molecular weight excluding hydrogens is 350 g/mol. The Balaban J connectivity index is 1.83. The second-order valence-electron chi connectivity index (χ2n) is 4.99. The van der Waals surface area contributed by atoms with E-state index in [9.17, 15) is 14.4 Å². The van der Waals surface area contributed by atoms with Gasteiger partial charge in [-0.2, -0.15) is 0 Å². The molecule has 0 aromatic rings. The summed E-state index contributed by atoms with van der Waals surface area (Å²) in [5, 5.41) is 0. The number of hydrogen-bond acceptors (Lipinski definition) is 9. The summed E-state index contributed by atoms with van der Waals surface area (Å²) in [6, 6.07) is 0. The molecule has 1 aliphatic rings. The molecule has 3 amide bonds. The van der Waals surface area contributed by atoms with E-state index in [4.69, 9.17) is 24.9 Å². The normalized spacial score (nSPS) is 13.7. The van der Waals surface area contributed by atoms with Crippen LogP contribution in [-0.4, -0.2) is 82.0 Å². The molecule has 11 nitrogen and oxygen atoms in total. The van der Waals surface area contributed by atoms with Crippen molar-refractivity contribution in [3.63, 3.8) is 0 Å². The van der Waals surface area contributed by atoms with Gasteiger partial charge in [-0.05, 0) is 0 Å². The van der Waals surface area contributed by atoms with E-state index in [1.165, 1.54) is 12.2 Å². The van der Waals surface area contributed by atoms with E-state index < -0.39 is 17.7 Å². The van der Waals surface area contributed by atoms with Crippen LogP contribution >= 0.6 is 0 Å². The second-order valence-corrected chi connectivity index (χ2v) is 4.99. The molecule has 1 rings (SSSR count). The van der Waals surface area contributed by atoms with Gasteiger partial charge in [0.1, 0.15) is 0 Å². The van der Waals surface area contributed by atoms with E-state index in [-0.39, 0.29) is 26.2 Å². The first kappa shape index (κ1) is 22.2.